The van der Waals surface area contributed by atoms with Crippen molar-refractivity contribution in [1.29, 1.82) is 0 Å². The van der Waals surface area contributed by atoms with Crippen LogP contribution in [0.5, 0.6) is 0 Å². The Kier molecular flexibility index (Phi) is 2.66. The van der Waals surface area contributed by atoms with Crippen LogP contribution in [0.4, 0.5) is 13.2 Å². The molecule has 2 nitrogen and oxygen atoms in total. The Bertz CT molecular complexity index is 290. The van der Waals surface area contributed by atoms with Crippen LogP contribution >= 0.6 is 0 Å². The predicted octanol–water partition coefficient (Wildman–Crippen LogP) is 2.11. The lowest BCUT2D eigenvalue weighted by Crippen LogP contribution is -2.11. The van der Waals surface area contributed by atoms with Crippen LogP contribution in [0.1, 0.15) is 16.9 Å². The van der Waals surface area contributed by atoms with E-state index in [1.54, 1.807) is 0 Å². The third-order valence-electron chi connectivity index (χ3n) is 1.80. The Morgan fingerprint density at radius 3 is 2.54 bits per heavy atom. The molecule has 0 fully saturated rings. The molecule has 0 radical (unpaired) electrons. The maximum atomic E-state index is 12.3. The molecule has 0 amide bonds. The van der Waals surface area contributed by atoms with E-state index in [1.807, 2.05) is 0 Å². The van der Waals surface area contributed by atoms with Gasteiger partial charge in [0.05, 0.1) is 5.56 Å². The average Bonchev–Trinajstić information content (AvgIpc) is 2.32. The summed E-state index contributed by atoms with van der Waals surface area (Å²) in [6, 6.07) is 0. The van der Waals surface area contributed by atoms with Gasteiger partial charge in [-0.1, -0.05) is 0 Å². The molecule has 1 aromatic heterocycles. The molecule has 74 valence electrons. The Balaban J connectivity index is 3.07. The van der Waals surface area contributed by atoms with E-state index in [2.05, 4.69) is 0 Å². The molecule has 0 aliphatic rings. The smallest absolute Gasteiger partial charge is 0.419 e. The molecule has 0 bridgehead atoms. The van der Waals surface area contributed by atoms with Gasteiger partial charge in [-0.05, 0) is 19.9 Å². The fourth-order valence-corrected chi connectivity index (χ4v) is 1.17. The van der Waals surface area contributed by atoms with Gasteiger partial charge in [-0.15, -0.1) is 0 Å². The van der Waals surface area contributed by atoms with Gasteiger partial charge in [0.1, 0.15) is 12.0 Å². The summed E-state index contributed by atoms with van der Waals surface area (Å²) in [5.41, 5.74) is 4.64. The monoisotopic (exact) mass is 193 g/mol. The number of halogens is 3. The highest BCUT2D eigenvalue weighted by Crippen LogP contribution is 2.34. The predicted molar refractivity (Wildman–Crippen MR) is 41.2 cm³/mol. The first kappa shape index (κ1) is 10.1. The van der Waals surface area contributed by atoms with Gasteiger partial charge >= 0.3 is 6.18 Å². The molecule has 0 aliphatic carbocycles. The lowest BCUT2D eigenvalue weighted by molar-refractivity contribution is -0.138. The van der Waals surface area contributed by atoms with Crippen LogP contribution in [0.2, 0.25) is 0 Å². The molecule has 1 rings (SSSR count). The first-order valence-electron chi connectivity index (χ1n) is 3.81. The second kappa shape index (κ2) is 3.41. The van der Waals surface area contributed by atoms with Crippen molar-refractivity contribution >= 4 is 0 Å². The van der Waals surface area contributed by atoms with E-state index in [-0.39, 0.29) is 24.3 Å². The molecule has 5 heteroatoms. The SMILES string of the molecule is Cc1occ(C(F)(F)F)c1CCN. The standard InChI is InChI=1S/C8H10F3NO/c1-5-6(2-3-12)7(4-13-5)8(9,10)11/h4H,2-3,12H2,1H3. The highest BCUT2D eigenvalue weighted by molar-refractivity contribution is 5.30. The van der Waals surface area contributed by atoms with Crippen LogP contribution in [-0.2, 0) is 12.6 Å². The van der Waals surface area contributed by atoms with Gasteiger partial charge in [-0.25, -0.2) is 0 Å². The van der Waals surface area contributed by atoms with Crippen molar-refractivity contribution in [2.45, 2.75) is 19.5 Å². The molecule has 1 aromatic rings. The quantitative estimate of drug-likeness (QED) is 0.781. The van der Waals surface area contributed by atoms with Crippen molar-refractivity contribution in [1.82, 2.24) is 0 Å². The molecule has 0 aliphatic heterocycles. The number of aryl methyl sites for hydroxylation is 1. The maximum Gasteiger partial charge on any atom is 0.419 e. The van der Waals surface area contributed by atoms with E-state index in [0.717, 1.165) is 6.26 Å². The Morgan fingerprint density at radius 2 is 2.08 bits per heavy atom. The minimum atomic E-state index is -4.34. The first-order chi connectivity index (χ1) is 5.96. The molecule has 1 heterocycles. The minimum Gasteiger partial charge on any atom is -0.469 e. The summed E-state index contributed by atoms with van der Waals surface area (Å²) in [7, 11) is 0. The summed E-state index contributed by atoms with van der Waals surface area (Å²) in [6.07, 6.45) is -3.42. The number of hydrogen-bond acceptors (Lipinski definition) is 2. The Labute approximate surface area is 73.5 Å². The third-order valence-corrected chi connectivity index (χ3v) is 1.80. The van der Waals surface area contributed by atoms with Gasteiger partial charge in [-0.2, -0.15) is 13.2 Å². The van der Waals surface area contributed by atoms with Crippen molar-refractivity contribution in [3.8, 4) is 0 Å². The number of furan rings is 1. The molecular weight excluding hydrogens is 183 g/mol. The van der Waals surface area contributed by atoms with Gasteiger partial charge in [-0.3, -0.25) is 0 Å². The summed E-state index contributed by atoms with van der Waals surface area (Å²) in [5, 5.41) is 0. The van der Waals surface area contributed by atoms with E-state index in [4.69, 9.17) is 10.2 Å². The lowest BCUT2D eigenvalue weighted by atomic mass is 10.1. The van der Waals surface area contributed by atoms with E-state index < -0.39 is 11.7 Å². The topological polar surface area (TPSA) is 39.2 Å². The van der Waals surface area contributed by atoms with E-state index in [0.29, 0.717) is 0 Å². The molecular formula is C8H10F3NO. The van der Waals surface area contributed by atoms with Crippen molar-refractivity contribution in [3.63, 3.8) is 0 Å². The molecule has 13 heavy (non-hydrogen) atoms. The summed E-state index contributed by atoms with van der Waals surface area (Å²) in [6.45, 7) is 1.68. The second-order valence-electron chi connectivity index (χ2n) is 2.72. The normalized spacial score (nSPS) is 12.1. The molecule has 0 spiro atoms. The van der Waals surface area contributed by atoms with Crippen molar-refractivity contribution in [2.75, 3.05) is 6.54 Å². The van der Waals surface area contributed by atoms with Gasteiger partial charge in [0.15, 0.2) is 0 Å². The van der Waals surface area contributed by atoms with Gasteiger partial charge in [0, 0.05) is 5.56 Å². The van der Waals surface area contributed by atoms with Crippen LogP contribution in [0, 0.1) is 6.92 Å². The van der Waals surface area contributed by atoms with Crippen LogP contribution in [0.3, 0.4) is 0 Å². The maximum absolute atomic E-state index is 12.3. The van der Waals surface area contributed by atoms with Crippen LogP contribution in [0.15, 0.2) is 10.7 Å². The zero-order chi connectivity index (χ0) is 10.1. The highest BCUT2D eigenvalue weighted by atomic mass is 19.4. The van der Waals surface area contributed by atoms with Gasteiger partial charge in [0.25, 0.3) is 0 Å². The molecule has 0 atom stereocenters. The fraction of sp³-hybridized carbons (Fsp3) is 0.500. The molecule has 2 N–H and O–H groups in total. The average molecular weight is 193 g/mol. The van der Waals surface area contributed by atoms with Crippen LogP contribution < -0.4 is 5.73 Å². The van der Waals surface area contributed by atoms with Crippen molar-refractivity contribution < 1.29 is 17.6 Å². The highest BCUT2D eigenvalue weighted by Gasteiger charge is 2.35. The number of alkyl halides is 3. The third kappa shape index (κ3) is 2.03. The zero-order valence-corrected chi connectivity index (χ0v) is 7.11. The molecule has 0 unspecified atom stereocenters. The number of nitrogens with two attached hydrogens (primary N) is 1. The van der Waals surface area contributed by atoms with Crippen molar-refractivity contribution in [2.24, 2.45) is 5.73 Å². The summed E-state index contributed by atoms with van der Waals surface area (Å²) in [4.78, 5) is 0. The van der Waals surface area contributed by atoms with Gasteiger partial charge < -0.3 is 10.2 Å². The van der Waals surface area contributed by atoms with Crippen molar-refractivity contribution in [3.05, 3.63) is 23.2 Å². The van der Waals surface area contributed by atoms with E-state index in [9.17, 15) is 13.2 Å². The van der Waals surface area contributed by atoms with E-state index >= 15 is 0 Å². The Hall–Kier alpha value is -0.970. The number of rotatable bonds is 2. The summed E-state index contributed by atoms with van der Waals surface area (Å²) in [5.74, 6) is 0.290. The molecule has 0 aromatic carbocycles. The van der Waals surface area contributed by atoms with Crippen LogP contribution in [-0.4, -0.2) is 6.54 Å². The molecule has 0 saturated heterocycles. The molecule has 0 saturated carbocycles. The first-order valence-corrected chi connectivity index (χ1v) is 3.81. The minimum absolute atomic E-state index is 0.162. The van der Waals surface area contributed by atoms with Crippen LogP contribution in [0.25, 0.3) is 0 Å². The number of hydrogen-bond donors (Lipinski definition) is 1. The largest absolute Gasteiger partial charge is 0.469 e. The fourth-order valence-electron chi connectivity index (χ4n) is 1.17. The van der Waals surface area contributed by atoms with E-state index in [1.165, 1.54) is 6.92 Å². The summed E-state index contributed by atoms with van der Waals surface area (Å²) >= 11 is 0. The summed E-state index contributed by atoms with van der Waals surface area (Å²) < 4.78 is 41.6. The Morgan fingerprint density at radius 1 is 1.46 bits per heavy atom. The van der Waals surface area contributed by atoms with Gasteiger partial charge in [0.2, 0.25) is 0 Å². The lowest BCUT2D eigenvalue weighted by Gasteiger charge is -2.05. The zero-order valence-electron chi connectivity index (χ0n) is 7.11. The second-order valence-corrected chi connectivity index (χ2v) is 2.72.